The lowest BCUT2D eigenvalue weighted by atomic mass is 9.99. The number of carboxylic acids is 1. The fourth-order valence-electron chi connectivity index (χ4n) is 2.14. The molecular formula is C14H13ClFNO3. The molecule has 1 aromatic heterocycles. The number of halogens is 2. The highest BCUT2D eigenvalue weighted by molar-refractivity contribution is 6.32. The lowest BCUT2D eigenvalue weighted by Gasteiger charge is -2.12. The maximum Gasteiger partial charge on any atom is 0.341 e. The van der Waals surface area contributed by atoms with Gasteiger partial charge in [-0.05, 0) is 24.0 Å². The molecule has 0 unspecified atom stereocenters. The zero-order chi connectivity index (χ0) is 15.0. The van der Waals surface area contributed by atoms with Crippen LogP contribution in [0, 0.1) is 11.7 Å². The van der Waals surface area contributed by atoms with Gasteiger partial charge < -0.3 is 10.1 Å². The first-order valence-corrected chi connectivity index (χ1v) is 6.46. The fourth-order valence-corrected chi connectivity index (χ4v) is 2.36. The van der Waals surface area contributed by atoms with Crippen LogP contribution < -0.4 is 5.43 Å². The van der Waals surface area contributed by atoms with Gasteiger partial charge >= 0.3 is 5.97 Å². The van der Waals surface area contributed by atoms with Gasteiger partial charge in [0.25, 0.3) is 0 Å². The first-order chi connectivity index (χ1) is 9.32. The number of hydrogen-bond acceptors (Lipinski definition) is 2. The quantitative estimate of drug-likeness (QED) is 0.914. The summed E-state index contributed by atoms with van der Waals surface area (Å²) in [6, 6.07) is 0.979. The molecule has 106 valence electrons. The Bertz CT molecular complexity index is 752. The normalized spacial score (nSPS) is 11.2. The monoisotopic (exact) mass is 297 g/mol. The molecular weight excluding hydrogens is 285 g/mol. The van der Waals surface area contributed by atoms with E-state index in [4.69, 9.17) is 16.7 Å². The summed E-state index contributed by atoms with van der Waals surface area (Å²) in [5, 5.41) is 8.89. The van der Waals surface area contributed by atoms with Crippen molar-refractivity contribution in [2.45, 2.75) is 20.3 Å². The third kappa shape index (κ3) is 2.41. The van der Waals surface area contributed by atoms with Gasteiger partial charge in [0.1, 0.15) is 11.4 Å². The second kappa shape index (κ2) is 5.25. The van der Waals surface area contributed by atoms with Gasteiger partial charge in [0, 0.05) is 11.6 Å². The van der Waals surface area contributed by atoms with E-state index in [0.29, 0.717) is 17.5 Å². The number of hydrogen-bond donors (Lipinski definition) is 2. The number of rotatable bonds is 3. The summed E-state index contributed by atoms with van der Waals surface area (Å²) in [5.74, 6) is -1.86. The largest absolute Gasteiger partial charge is 0.477 e. The smallest absolute Gasteiger partial charge is 0.341 e. The summed E-state index contributed by atoms with van der Waals surface area (Å²) < 4.78 is 13.8. The Morgan fingerprint density at radius 1 is 1.50 bits per heavy atom. The average molecular weight is 298 g/mol. The van der Waals surface area contributed by atoms with Crippen LogP contribution in [0.3, 0.4) is 0 Å². The number of pyridine rings is 1. The summed E-state index contributed by atoms with van der Waals surface area (Å²) >= 11 is 5.96. The minimum Gasteiger partial charge on any atom is -0.477 e. The predicted octanol–water partition coefficient (Wildman–Crippen LogP) is 3.22. The minimum atomic E-state index is -1.35. The van der Waals surface area contributed by atoms with Gasteiger partial charge in [0.05, 0.1) is 10.5 Å². The van der Waals surface area contributed by atoms with Crippen LogP contribution in [-0.4, -0.2) is 16.1 Å². The van der Waals surface area contributed by atoms with E-state index in [2.05, 4.69) is 4.98 Å². The van der Waals surface area contributed by atoms with E-state index in [0.717, 1.165) is 12.3 Å². The van der Waals surface area contributed by atoms with Crippen LogP contribution in [0.25, 0.3) is 10.9 Å². The lowest BCUT2D eigenvalue weighted by Crippen LogP contribution is -2.16. The van der Waals surface area contributed by atoms with Crippen LogP contribution in [0.15, 0.2) is 17.1 Å². The average Bonchev–Trinajstić information content (AvgIpc) is 2.35. The molecule has 4 nitrogen and oxygen atoms in total. The molecule has 0 saturated heterocycles. The third-order valence-corrected chi connectivity index (χ3v) is 3.42. The molecule has 1 heterocycles. The van der Waals surface area contributed by atoms with Gasteiger partial charge in [0.2, 0.25) is 5.43 Å². The van der Waals surface area contributed by atoms with E-state index in [9.17, 15) is 14.0 Å². The first-order valence-electron chi connectivity index (χ1n) is 6.08. The summed E-state index contributed by atoms with van der Waals surface area (Å²) in [7, 11) is 0. The molecule has 0 aliphatic heterocycles. The van der Waals surface area contributed by atoms with E-state index < -0.39 is 22.8 Å². The maximum atomic E-state index is 13.8. The van der Waals surface area contributed by atoms with E-state index in [-0.39, 0.29) is 16.3 Å². The van der Waals surface area contributed by atoms with Crippen molar-refractivity contribution in [1.29, 1.82) is 0 Å². The molecule has 2 aromatic rings. The molecule has 6 heteroatoms. The highest BCUT2D eigenvalue weighted by Crippen LogP contribution is 2.28. The number of benzene rings is 1. The molecule has 0 aliphatic rings. The summed E-state index contributed by atoms with van der Waals surface area (Å²) in [5.41, 5.74) is -0.257. The summed E-state index contributed by atoms with van der Waals surface area (Å²) in [4.78, 5) is 25.8. The summed E-state index contributed by atoms with van der Waals surface area (Å²) in [6.07, 6.45) is 1.60. The number of carbonyl (C=O) groups is 1. The summed E-state index contributed by atoms with van der Waals surface area (Å²) in [6.45, 7) is 3.88. The van der Waals surface area contributed by atoms with Gasteiger partial charge in [-0.25, -0.2) is 9.18 Å². The molecule has 0 atom stereocenters. The molecule has 0 aliphatic carbocycles. The van der Waals surface area contributed by atoms with Crippen molar-refractivity contribution < 1.29 is 14.3 Å². The Labute approximate surface area is 119 Å². The second-order valence-corrected chi connectivity index (χ2v) is 5.39. The van der Waals surface area contributed by atoms with E-state index in [1.54, 1.807) is 0 Å². The van der Waals surface area contributed by atoms with E-state index in [1.807, 2.05) is 13.8 Å². The molecule has 0 saturated carbocycles. The van der Waals surface area contributed by atoms with Crippen molar-refractivity contribution in [2.75, 3.05) is 0 Å². The van der Waals surface area contributed by atoms with Gasteiger partial charge in [0.15, 0.2) is 0 Å². The SMILES string of the molecule is CC(C)Cc1c(Cl)c(F)cc2c(=O)c(C(=O)O)c[nH]c12. The zero-order valence-corrected chi connectivity index (χ0v) is 11.7. The zero-order valence-electron chi connectivity index (χ0n) is 11.0. The Morgan fingerprint density at radius 2 is 2.15 bits per heavy atom. The molecule has 0 radical (unpaired) electrons. The number of aromatic carboxylic acids is 1. The first kappa shape index (κ1) is 14.5. The lowest BCUT2D eigenvalue weighted by molar-refractivity contribution is 0.0695. The number of nitrogens with one attached hydrogen (secondary N) is 1. The van der Waals surface area contributed by atoms with Crippen molar-refractivity contribution in [3.63, 3.8) is 0 Å². The molecule has 2 N–H and O–H groups in total. The molecule has 1 aromatic carbocycles. The van der Waals surface area contributed by atoms with E-state index >= 15 is 0 Å². The Balaban J connectivity index is 2.86. The molecule has 0 bridgehead atoms. The number of aromatic nitrogens is 1. The number of carboxylic acid groups (broad SMARTS) is 1. The highest BCUT2D eigenvalue weighted by Gasteiger charge is 2.18. The van der Waals surface area contributed by atoms with Gasteiger partial charge in [-0.3, -0.25) is 4.79 Å². The number of aromatic amines is 1. The van der Waals surface area contributed by atoms with Crippen LogP contribution in [0.2, 0.25) is 5.02 Å². The molecule has 0 spiro atoms. The van der Waals surface area contributed by atoms with Crippen molar-refractivity contribution in [3.05, 3.63) is 44.5 Å². The standard InChI is InChI=1S/C14H13ClFNO3/c1-6(2)3-7-11(15)10(16)4-8-12(7)17-5-9(13(8)18)14(19)20/h4-6H,3H2,1-2H3,(H,17,18)(H,19,20). The van der Waals surface area contributed by atoms with Crippen LogP contribution in [-0.2, 0) is 6.42 Å². The van der Waals surface area contributed by atoms with Crippen LogP contribution in [0.1, 0.15) is 29.8 Å². The highest BCUT2D eigenvalue weighted by atomic mass is 35.5. The van der Waals surface area contributed by atoms with Crippen molar-refractivity contribution in [1.82, 2.24) is 4.98 Å². The molecule has 0 fully saturated rings. The van der Waals surface area contributed by atoms with Crippen molar-refractivity contribution in [3.8, 4) is 0 Å². The van der Waals surface area contributed by atoms with Crippen molar-refractivity contribution >= 4 is 28.5 Å². The Hall–Kier alpha value is -1.88. The fraction of sp³-hybridized carbons (Fsp3) is 0.286. The minimum absolute atomic E-state index is 0.00227. The molecule has 2 rings (SSSR count). The third-order valence-electron chi connectivity index (χ3n) is 3.01. The Morgan fingerprint density at radius 3 is 2.70 bits per heavy atom. The van der Waals surface area contributed by atoms with Gasteiger partial charge in [-0.1, -0.05) is 25.4 Å². The number of H-pyrrole nitrogens is 1. The topological polar surface area (TPSA) is 70.2 Å². The maximum absolute atomic E-state index is 13.8. The van der Waals surface area contributed by atoms with Crippen LogP contribution in [0.4, 0.5) is 4.39 Å². The second-order valence-electron chi connectivity index (χ2n) is 5.01. The predicted molar refractivity (Wildman–Crippen MR) is 75.0 cm³/mol. The van der Waals surface area contributed by atoms with Crippen LogP contribution >= 0.6 is 11.6 Å². The molecule has 0 amide bonds. The Kier molecular flexibility index (Phi) is 3.81. The van der Waals surface area contributed by atoms with E-state index in [1.165, 1.54) is 0 Å². The van der Waals surface area contributed by atoms with Crippen molar-refractivity contribution in [2.24, 2.45) is 5.92 Å². The molecule has 20 heavy (non-hydrogen) atoms. The van der Waals surface area contributed by atoms with Gasteiger partial charge in [-0.15, -0.1) is 0 Å². The van der Waals surface area contributed by atoms with Gasteiger partial charge in [-0.2, -0.15) is 0 Å². The van der Waals surface area contributed by atoms with Crippen LogP contribution in [0.5, 0.6) is 0 Å². The number of fused-ring (bicyclic) bond motifs is 1.